The Hall–Kier alpha value is -5.21. The number of nitrogens with one attached hydrogen (secondary N) is 2. The number of para-hydroxylation sites is 2. The number of H-pyrrole nitrogens is 1. The second kappa shape index (κ2) is 13.9. The van der Waals surface area contributed by atoms with Crippen LogP contribution in [0.3, 0.4) is 0 Å². The highest BCUT2D eigenvalue weighted by Gasteiger charge is 2.53. The minimum absolute atomic E-state index is 0.0677. The van der Waals surface area contributed by atoms with Crippen LogP contribution in [0.1, 0.15) is 100.0 Å². The van der Waals surface area contributed by atoms with Crippen LogP contribution in [0.2, 0.25) is 0 Å². The molecule has 5 atom stereocenters. The van der Waals surface area contributed by atoms with E-state index in [4.69, 9.17) is 19.4 Å². The Balaban J connectivity index is 0.885. The number of rotatable bonds is 10. The van der Waals surface area contributed by atoms with Gasteiger partial charge in [0.2, 0.25) is 5.91 Å². The second-order valence-electron chi connectivity index (χ2n) is 15.9. The van der Waals surface area contributed by atoms with E-state index in [0.29, 0.717) is 30.7 Å². The molecule has 14 nitrogen and oxygen atoms in total. The molecule has 3 N–H and O–H groups in total. The van der Waals surface area contributed by atoms with Gasteiger partial charge in [-0.3, -0.25) is 19.1 Å². The lowest BCUT2D eigenvalue weighted by Crippen LogP contribution is -2.46. The van der Waals surface area contributed by atoms with Crippen molar-refractivity contribution >= 4 is 16.9 Å². The summed E-state index contributed by atoms with van der Waals surface area (Å²) in [5.74, 6) is 0.850. The number of aliphatic hydroxyl groups is 1. The number of aliphatic hydroxyl groups excluding tert-OH is 1. The molecule has 5 aromatic rings. The number of ether oxygens (including phenoxy) is 2. The summed E-state index contributed by atoms with van der Waals surface area (Å²) >= 11 is 0. The number of carbonyl (C=O) groups excluding carboxylic acids is 1. The molecule has 0 unspecified atom stereocenters. The summed E-state index contributed by atoms with van der Waals surface area (Å²) < 4.78 is 15.1. The molecule has 1 amide bonds. The second-order valence-corrected chi connectivity index (χ2v) is 15.9. The van der Waals surface area contributed by atoms with Gasteiger partial charge < -0.3 is 19.9 Å². The molecule has 2 fully saturated rings. The maximum Gasteiger partial charge on any atom is 0.330 e. The predicted molar refractivity (Wildman–Crippen MR) is 200 cm³/mol. The van der Waals surface area contributed by atoms with Gasteiger partial charge >= 0.3 is 5.69 Å². The first-order valence-electron chi connectivity index (χ1n) is 18.8. The van der Waals surface area contributed by atoms with Gasteiger partial charge in [-0.15, -0.1) is 5.10 Å². The summed E-state index contributed by atoms with van der Waals surface area (Å²) in [5.41, 5.74) is 6.07. The van der Waals surface area contributed by atoms with Crippen molar-refractivity contribution in [3.63, 3.8) is 0 Å². The summed E-state index contributed by atoms with van der Waals surface area (Å²) in [7, 11) is 0. The zero-order valence-corrected chi connectivity index (χ0v) is 31.0. The first-order chi connectivity index (χ1) is 25.9. The molecular formula is C40H46N8O6. The number of aromatic nitrogens is 7. The largest absolute Gasteiger partial charge is 0.494 e. The van der Waals surface area contributed by atoms with E-state index in [1.165, 1.54) is 16.3 Å². The smallest absolute Gasteiger partial charge is 0.330 e. The van der Waals surface area contributed by atoms with Gasteiger partial charge in [-0.05, 0) is 61.4 Å². The van der Waals surface area contributed by atoms with Crippen LogP contribution in [0.5, 0.6) is 5.75 Å². The van der Waals surface area contributed by atoms with Gasteiger partial charge in [0.05, 0.1) is 54.4 Å². The number of fused-ring (bicyclic) bond motifs is 7. The van der Waals surface area contributed by atoms with Crippen molar-refractivity contribution in [1.29, 1.82) is 0 Å². The van der Waals surface area contributed by atoms with Crippen LogP contribution < -0.4 is 21.3 Å². The van der Waals surface area contributed by atoms with E-state index in [9.17, 15) is 19.5 Å². The quantitative estimate of drug-likeness (QED) is 0.172. The van der Waals surface area contributed by atoms with Crippen LogP contribution in [-0.2, 0) is 21.5 Å². The number of amides is 1. The highest BCUT2D eigenvalue weighted by atomic mass is 16.5. The van der Waals surface area contributed by atoms with Crippen molar-refractivity contribution in [2.45, 2.75) is 102 Å². The van der Waals surface area contributed by atoms with Crippen molar-refractivity contribution < 1.29 is 19.4 Å². The maximum absolute atomic E-state index is 12.8. The zero-order valence-electron chi connectivity index (χ0n) is 31.0. The summed E-state index contributed by atoms with van der Waals surface area (Å²) in [5, 5.41) is 21.3. The van der Waals surface area contributed by atoms with Crippen molar-refractivity contribution in [2.75, 3.05) is 13.2 Å². The minimum atomic E-state index is -0.698. The van der Waals surface area contributed by atoms with Crippen LogP contribution in [0.25, 0.3) is 22.3 Å². The molecule has 4 heterocycles. The third-order valence-electron chi connectivity index (χ3n) is 11.7. The lowest BCUT2D eigenvalue weighted by molar-refractivity contribution is -0.121. The van der Waals surface area contributed by atoms with Crippen molar-refractivity contribution in [3.05, 3.63) is 98.2 Å². The highest BCUT2D eigenvalue weighted by molar-refractivity contribution is 5.82. The fraction of sp³-hybridized carbons (Fsp3) is 0.475. The Morgan fingerprint density at radius 3 is 2.69 bits per heavy atom. The summed E-state index contributed by atoms with van der Waals surface area (Å²) in [6, 6.07) is 14.0. The molecule has 14 heteroatoms. The fourth-order valence-corrected chi connectivity index (χ4v) is 9.13. The molecule has 0 bridgehead atoms. The Bertz CT molecular complexity index is 2350. The lowest BCUT2D eigenvalue weighted by Gasteiger charge is -2.53. The van der Waals surface area contributed by atoms with Gasteiger partial charge in [0.1, 0.15) is 23.8 Å². The topological polar surface area (TPSA) is 179 Å². The average molecular weight is 735 g/mol. The van der Waals surface area contributed by atoms with Crippen LogP contribution in [0.4, 0.5) is 0 Å². The van der Waals surface area contributed by atoms with Crippen molar-refractivity contribution in [1.82, 2.24) is 39.8 Å². The minimum Gasteiger partial charge on any atom is -0.494 e. The van der Waals surface area contributed by atoms with Crippen LogP contribution >= 0.6 is 0 Å². The summed E-state index contributed by atoms with van der Waals surface area (Å²) in [6.45, 7) is 8.99. The molecule has 3 aromatic heterocycles. The molecule has 1 saturated carbocycles. The number of hydrogen-bond acceptors (Lipinski definition) is 10. The van der Waals surface area contributed by atoms with Gasteiger partial charge in [0.25, 0.3) is 5.56 Å². The van der Waals surface area contributed by atoms with Crippen molar-refractivity contribution in [3.8, 4) is 17.0 Å². The van der Waals surface area contributed by atoms with E-state index in [2.05, 4.69) is 53.5 Å². The first-order valence-corrected chi connectivity index (χ1v) is 18.8. The highest BCUT2D eigenvalue weighted by Crippen LogP contribution is 2.62. The third kappa shape index (κ3) is 6.40. The normalized spacial score (nSPS) is 24.1. The molecule has 0 radical (unpaired) electrons. The fourth-order valence-electron chi connectivity index (χ4n) is 9.13. The van der Waals surface area contributed by atoms with Crippen LogP contribution in [-0.4, -0.2) is 64.8 Å². The van der Waals surface area contributed by atoms with E-state index >= 15 is 0 Å². The molecule has 1 aliphatic heterocycles. The van der Waals surface area contributed by atoms with Gasteiger partial charge in [-0.25, -0.2) is 19.4 Å². The standard InChI is InChI=1S/C40H46N8O6/c1-23-20-47(38(52)44-37(23)51)33-18-30(31(22-49)54-33)48-21-24(45-46-48)19-41-32(50)11-7-16-53-25-12-13-27-26(17-25)34-35(43-29-10-6-5-9-28(29)42-34)36-39(2,3)14-8-15-40(27,36)4/h5-6,9-10,12-13,17,20-21,30-31,33,36,49H,7-8,11,14-16,18-19,22H2,1-4H3,(H,41,50)(H,44,51,52)/t30-,31+,33+,36+,40+/m0/s1. The molecule has 2 aromatic carbocycles. The number of hydrogen-bond donors (Lipinski definition) is 3. The van der Waals surface area contributed by atoms with Gasteiger partial charge in [0, 0.05) is 41.5 Å². The molecule has 54 heavy (non-hydrogen) atoms. The number of aryl methyl sites for hydroxylation is 1. The summed E-state index contributed by atoms with van der Waals surface area (Å²) in [6.07, 6.45) is 6.32. The van der Waals surface area contributed by atoms with Crippen LogP contribution in [0, 0.1) is 12.3 Å². The predicted octanol–water partition coefficient (Wildman–Crippen LogP) is 4.61. The van der Waals surface area contributed by atoms with Crippen LogP contribution in [0.15, 0.2) is 64.4 Å². The molecule has 3 aliphatic rings. The Labute approximate surface area is 312 Å². The van der Waals surface area contributed by atoms with E-state index in [0.717, 1.165) is 53.0 Å². The van der Waals surface area contributed by atoms with Gasteiger partial charge in [-0.2, -0.15) is 0 Å². The molecular weight excluding hydrogens is 688 g/mol. The molecule has 0 spiro atoms. The number of nitrogens with zero attached hydrogens (tertiary/aromatic N) is 6. The Morgan fingerprint density at radius 1 is 1.09 bits per heavy atom. The van der Waals surface area contributed by atoms with E-state index < -0.39 is 29.6 Å². The number of aromatic amines is 1. The maximum atomic E-state index is 12.8. The Kier molecular flexibility index (Phi) is 9.21. The molecule has 282 valence electrons. The van der Waals surface area contributed by atoms with Gasteiger partial charge in [0.15, 0.2) is 0 Å². The number of carbonyl (C=O) groups is 1. The van der Waals surface area contributed by atoms with E-state index in [-0.39, 0.29) is 42.2 Å². The average Bonchev–Trinajstić information content (AvgIpc) is 3.80. The van der Waals surface area contributed by atoms with E-state index in [1.54, 1.807) is 17.8 Å². The zero-order chi connectivity index (χ0) is 37.8. The Morgan fingerprint density at radius 2 is 1.89 bits per heavy atom. The lowest BCUT2D eigenvalue weighted by atomic mass is 9.50. The molecule has 2 aliphatic carbocycles. The monoisotopic (exact) mass is 734 g/mol. The summed E-state index contributed by atoms with van der Waals surface area (Å²) in [4.78, 5) is 49.7. The first kappa shape index (κ1) is 35.8. The van der Waals surface area contributed by atoms with E-state index in [1.807, 2.05) is 30.3 Å². The third-order valence-corrected chi connectivity index (χ3v) is 11.7. The molecule has 8 rings (SSSR count). The van der Waals surface area contributed by atoms with Crippen molar-refractivity contribution in [2.24, 2.45) is 5.41 Å². The molecule has 1 saturated heterocycles. The van der Waals surface area contributed by atoms with Gasteiger partial charge in [-0.1, -0.05) is 50.6 Å². The number of benzene rings is 2. The SMILES string of the molecule is Cc1cn([C@H]2C[C@H](n3cc(CNC(=O)CCCOc4ccc5c(c4)-c4nc6ccccc6nc4[C@@H]4C(C)(C)CCC[C@]54C)nn3)[C@@H](CO)O2)c(=O)[nH]c1=O.